The summed E-state index contributed by atoms with van der Waals surface area (Å²) < 4.78 is 3.66. The quantitative estimate of drug-likeness (QED) is 0.570. The summed E-state index contributed by atoms with van der Waals surface area (Å²) in [5, 5.41) is 9.29. The van der Waals surface area contributed by atoms with E-state index < -0.39 is 0 Å². The molecule has 4 aromatic rings. The lowest BCUT2D eigenvalue weighted by Gasteiger charge is -2.14. The number of hydrogen-bond acceptors (Lipinski definition) is 3. The lowest BCUT2D eigenvalue weighted by atomic mass is 10.1. The highest BCUT2D eigenvalue weighted by Gasteiger charge is 2.17. The van der Waals surface area contributed by atoms with Crippen molar-refractivity contribution in [2.24, 2.45) is 0 Å². The van der Waals surface area contributed by atoms with Gasteiger partial charge in [0, 0.05) is 6.42 Å². The molecule has 0 unspecified atom stereocenters. The van der Waals surface area contributed by atoms with Crippen molar-refractivity contribution < 1.29 is 0 Å². The second-order valence-corrected chi connectivity index (χ2v) is 5.98. The zero-order chi connectivity index (χ0) is 16.8. The predicted octanol–water partition coefficient (Wildman–Crippen LogP) is 3.21. The third-order valence-electron chi connectivity index (χ3n) is 4.62. The highest BCUT2D eigenvalue weighted by Crippen LogP contribution is 2.21. The van der Waals surface area contributed by atoms with Crippen LogP contribution in [0.4, 0.5) is 0 Å². The Morgan fingerprint density at radius 1 is 1.00 bits per heavy atom. The van der Waals surface area contributed by atoms with Gasteiger partial charge >= 0.3 is 0 Å². The van der Waals surface area contributed by atoms with Gasteiger partial charge in [-0.1, -0.05) is 31.2 Å². The second-order valence-electron chi connectivity index (χ2n) is 5.98. The maximum absolute atomic E-state index is 13.2. The van der Waals surface area contributed by atoms with Gasteiger partial charge in [0.05, 0.1) is 16.6 Å². The zero-order valence-electron chi connectivity index (χ0n) is 13.9. The normalized spacial score (nSPS) is 11.5. The van der Waals surface area contributed by atoms with Crippen LogP contribution in [0.5, 0.6) is 0 Å². The van der Waals surface area contributed by atoms with Gasteiger partial charge in [-0.25, -0.2) is 4.57 Å². The van der Waals surface area contributed by atoms with Gasteiger partial charge in [0.2, 0.25) is 5.78 Å². The van der Waals surface area contributed by atoms with E-state index in [4.69, 9.17) is 0 Å². The molecule has 0 aliphatic rings. The average Bonchev–Trinajstić information content (AvgIpc) is 3.02. The average molecular weight is 318 g/mol. The van der Waals surface area contributed by atoms with Crippen LogP contribution in [0.15, 0.2) is 47.3 Å². The van der Waals surface area contributed by atoms with E-state index in [1.807, 2.05) is 67.6 Å². The van der Waals surface area contributed by atoms with Gasteiger partial charge in [0.15, 0.2) is 0 Å². The Hall–Kier alpha value is -2.95. The van der Waals surface area contributed by atoms with E-state index in [1.54, 1.807) is 4.57 Å². The molecule has 0 atom stereocenters. The predicted molar refractivity (Wildman–Crippen MR) is 94.9 cm³/mol. The zero-order valence-corrected chi connectivity index (χ0v) is 13.9. The molecule has 0 saturated carbocycles. The maximum atomic E-state index is 13.2. The van der Waals surface area contributed by atoms with Crippen molar-refractivity contribution in [1.29, 1.82) is 0 Å². The number of aryl methyl sites for hydroxylation is 2. The van der Waals surface area contributed by atoms with Crippen LogP contribution in [-0.4, -0.2) is 19.2 Å². The number of para-hydroxylation sites is 1. The highest BCUT2D eigenvalue weighted by atomic mass is 16.1. The fourth-order valence-corrected chi connectivity index (χ4v) is 3.18. The first-order valence-corrected chi connectivity index (χ1v) is 8.08. The number of aromatic nitrogens is 4. The van der Waals surface area contributed by atoms with Gasteiger partial charge in [0.25, 0.3) is 5.56 Å². The summed E-state index contributed by atoms with van der Waals surface area (Å²) in [5.74, 6) is 1.41. The summed E-state index contributed by atoms with van der Waals surface area (Å²) >= 11 is 0. The smallest absolute Gasteiger partial charge is 0.267 e. The highest BCUT2D eigenvalue weighted by molar-refractivity contribution is 5.81. The Morgan fingerprint density at radius 3 is 2.58 bits per heavy atom. The van der Waals surface area contributed by atoms with Gasteiger partial charge in [-0.05, 0) is 43.2 Å². The first-order chi connectivity index (χ1) is 11.6. The van der Waals surface area contributed by atoms with Crippen molar-refractivity contribution in [3.8, 4) is 5.69 Å². The molecule has 0 aliphatic carbocycles. The van der Waals surface area contributed by atoms with Crippen LogP contribution in [0.3, 0.4) is 0 Å². The van der Waals surface area contributed by atoms with Crippen LogP contribution in [0.2, 0.25) is 0 Å². The number of fused-ring (bicyclic) bond motifs is 3. The van der Waals surface area contributed by atoms with Crippen molar-refractivity contribution in [2.75, 3.05) is 0 Å². The summed E-state index contributed by atoms with van der Waals surface area (Å²) in [4.78, 5) is 13.2. The molecule has 0 aliphatic heterocycles. The topological polar surface area (TPSA) is 52.2 Å². The number of hydrogen-bond donors (Lipinski definition) is 0. The van der Waals surface area contributed by atoms with Crippen molar-refractivity contribution in [3.05, 3.63) is 69.8 Å². The van der Waals surface area contributed by atoms with Crippen molar-refractivity contribution >= 4 is 16.7 Å². The Balaban J connectivity index is 2.27. The van der Waals surface area contributed by atoms with E-state index in [9.17, 15) is 4.79 Å². The Kier molecular flexibility index (Phi) is 3.23. The van der Waals surface area contributed by atoms with Gasteiger partial charge in [-0.3, -0.25) is 9.20 Å². The Bertz CT molecular complexity index is 1140. The minimum Gasteiger partial charge on any atom is -0.268 e. The molecule has 0 spiro atoms. The van der Waals surface area contributed by atoms with E-state index >= 15 is 0 Å². The third-order valence-corrected chi connectivity index (χ3v) is 4.62. The van der Waals surface area contributed by atoms with Gasteiger partial charge in [0.1, 0.15) is 5.82 Å². The largest absolute Gasteiger partial charge is 0.268 e. The monoisotopic (exact) mass is 318 g/mol. The first kappa shape index (κ1) is 14.6. The Labute approximate surface area is 139 Å². The van der Waals surface area contributed by atoms with Crippen molar-refractivity contribution in [1.82, 2.24) is 19.2 Å². The van der Waals surface area contributed by atoms with Crippen molar-refractivity contribution in [2.45, 2.75) is 27.2 Å². The molecule has 24 heavy (non-hydrogen) atoms. The molecule has 0 saturated heterocycles. The summed E-state index contributed by atoms with van der Waals surface area (Å²) in [7, 11) is 0. The molecule has 5 nitrogen and oxygen atoms in total. The minimum atomic E-state index is -0.0677. The number of rotatable bonds is 2. The van der Waals surface area contributed by atoms with Crippen LogP contribution < -0.4 is 5.56 Å². The van der Waals surface area contributed by atoms with Crippen LogP contribution >= 0.6 is 0 Å². The fraction of sp³-hybridized carbons (Fsp3) is 0.211. The fourth-order valence-electron chi connectivity index (χ4n) is 3.18. The molecular weight excluding hydrogens is 300 g/mol. The number of benzene rings is 2. The van der Waals surface area contributed by atoms with Gasteiger partial charge in [-0.2, -0.15) is 0 Å². The van der Waals surface area contributed by atoms with Crippen LogP contribution in [0.1, 0.15) is 23.9 Å². The molecule has 2 heterocycles. The molecule has 5 heteroatoms. The minimum absolute atomic E-state index is 0.0677. The molecule has 0 fully saturated rings. The molecule has 0 N–H and O–H groups in total. The first-order valence-electron chi connectivity index (χ1n) is 8.08. The van der Waals surface area contributed by atoms with Crippen LogP contribution in [0, 0.1) is 13.8 Å². The summed E-state index contributed by atoms with van der Waals surface area (Å²) in [6, 6.07) is 13.6. The van der Waals surface area contributed by atoms with E-state index in [0.29, 0.717) is 11.2 Å². The maximum Gasteiger partial charge on any atom is 0.267 e. The van der Waals surface area contributed by atoms with Crippen LogP contribution in [0.25, 0.3) is 22.4 Å². The van der Waals surface area contributed by atoms with E-state index in [0.717, 1.165) is 34.6 Å². The lowest BCUT2D eigenvalue weighted by molar-refractivity contribution is 0.915. The molecule has 0 radical (unpaired) electrons. The Morgan fingerprint density at radius 2 is 1.79 bits per heavy atom. The molecule has 120 valence electrons. The van der Waals surface area contributed by atoms with E-state index in [2.05, 4.69) is 10.2 Å². The molecule has 4 rings (SSSR count). The molecule has 0 amide bonds. The second kappa shape index (κ2) is 5.30. The van der Waals surface area contributed by atoms with E-state index in [1.165, 1.54) is 0 Å². The third kappa shape index (κ3) is 1.91. The SMILES string of the molecule is CCc1nnc2n(-c3cccc(C)c3C)c(=O)c3ccccc3n12. The molecule has 2 aromatic heterocycles. The molecule has 0 bridgehead atoms. The summed E-state index contributed by atoms with van der Waals surface area (Å²) in [6.07, 6.45) is 0.746. The number of nitrogens with zero attached hydrogens (tertiary/aromatic N) is 4. The standard InChI is InChI=1S/C19H18N4O/c1-4-17-20-21-19-22(17)16-10-6-5-9-14(16)18(24)23(19)15-11-7-8-12(2)13(15)3/h5-11H,4H2,1-3H3. The van der Waals surface area contributed by atoms with Crippen LogP contribution in [-0.2, 0) is 6.42 Å². The van der Waals surface area contributed by atoms with Gasteiger partial charge < -0.3 is 0 Å². The summed E-state index contributed by atoms with van der Waals surface area (Å²) in [6.45, 7) is 6.11. The lowest BCUT2D eigenvalue weighted by Crippen LogP contribution is -2.23. The molecular formula is C19H18N4O. The molecule has 2 aromatic carbocycles. The van der Waals surface area contributed by atoms with Gasteiger partial charge in [-0.15, -0.1) is 10.2 Å². The van der Waals surface area contributed by atoms with E-state index in [-0.39, 0.29) is 5.56 Å². The summed E-state index contributed by atoms with van der Waals surface area (Å²) in [5.41, 5.74) is 3.84. The van der Waals surface area contributed by atoms with Crippen molar-refractivity contribution in [3.63, 3.8) is 0 Å².